The van der Waals surface area contributed by atoms with Gasteiger partial charge in [0, 0.05) is 5.92 Å². The number of hydrogen-bond acceptors (Lipinski definition) is 4. The van der Waals surface area contributed by atoms with Gasteiger partial charge in [-0.3, -0.25) is 14.3 Å². The lowest BCUT2D eigenvalue weighted by Crippen LogP contribution is -2.54. The molecule has 0 bridgehead atoms. The van der Waals surface area contributed by atoms with Crippen molar-refractivity contribution < 1.29 is 18.0 Å². The predicted molar refractivity (Wildman–Crippen MR) is 71.8 cm³/mol. The average Bonchev–Trinajstić information content (AvgIpc) is 2.33. The molecule has 0 aliphatic carbocycles. The first-order valence-electron chi connectivity index (χ1n) is 6.74. The van der Waals surface area contributed by atoms with E-state index in [0.29, 0.717) is 0 Å². The minimum Gasteiger partial charge on any atom is -0.344 e. The second kappa shape index (κ2) is 6.88. The molecule has 1 rings (SSSR count). The molecule has 1 aliphatic rings. The highest BCUT2D eigenvalue weighted by Gasteiger charge is 2.32. The molecule has 0 aromatic rings. The van der Waals surface area contributed by atoms with Crippen LogP contribution in [0.1, 0.15) is 46.0 Å². The molecule has 0 aromatic heterocycles. The lowest BCUT2D eigenvalue weighted by molar-refractivity contribution is -0.131. The third-order valence-corrected chi connectivity index (χ3v) is 4.62. The number of nitrogens with one attached hydrogen (secondary N) is 2. The zero-order chi connectivity index (χ0) is 14.5. The maximum atomic E-state index is 12.0. The number of unbranched alkanes of at least 4 members (excludes halogenated alkanes) is 1. The molecular formula is C12H22N2O4S. The highest BCUT2D eigenvalue weighted by molar-refractivity contribution is 7.90. The summed E-state index contributed by atoms with van der Waals surface area (Å²) in [6.07, 6.45) is 3.65. The molecule has 2 unspecified atom stereocenters. The molecule has 0 spiro atoms. The molecular weight excluding hydrogens is 268 g/mol. The Morgan fingerprint density at radius 1 is 1.47 bits per heavy atom. The highest BCUT2D eigenvalue weighted by atomic mass is 32.2. The van der Waals surface area contributed by atoms with Crippen LogP contribution >= 0.6 is 0 Å². The molecule has 110 valence electrons. The molecule has 1 heterocycles. The highest BCUT2D eigenvalue weighted by Crippen LogP contribution is 2.14. The van der Waals surface area contributed by atoms with Gasteiger partial charge in [0.15, 0.2) is 0 Å². The topological polar surface area (TPSA) is 92.3 Å². The van der Waals surface area contributed by atoms with E-state index >= 15 is 0 Å². The molecule has 2 atom stereocenters. The number of rotatable bonds is 6. The van der Waals surface area contributed by atoms with Crippen LogP contribution in [0.15, 0.2) is 0 Å². The zero-order valence-electron chi connectivity index (χ0n) is 11.4. The maximum absolute atomic E-state index is 12.0. The normalized spacial score (nSPS) is 23.5. The van der Waals surface area contributed by atoms with E-state index in [-0.39, 0.29) is 24.0 Å². The monoisotopic (exact) mass is 290 g/mol. The first kappa shape index (κ1) is 15.9. The molecule has 0 radical (unpaired) electrons. The van der Waals surface area contributed by atoms with Gasteiger partial charge in [0.25, 0.3) is 5.91 Å². The van der Waals surface area contributed by atoms with Gasteiger partial charge >= 0.3 is 0 Å². The first-order valence-corrected chi connectivity index (χ1v) is 8.39. The number of carbonyl (C=O) groups excluding carboxylic acids is 2. The molecule has 0 saturated carbocycles. The average molecular weight is 290 g/mol. The van der Waals surface area contributed by atoms with Crippen LogP contribution in [0.2, 0.25) is 0 Å². The van der Waals surface area contributed by atoms with E-state index in [9.17, 15) is 18.0 Å². The van der Waals surface area contributed by atoms with Crippen LogP contribution in [0.4, 0.5) is 0 Å². The Morgan fingerprint density at radius 3 is 2.68 bits per heavy atom. The molecule has 1 aliphatic heterocycles. The lowest BCUT2D eigenvalue weighted by atomic mass is 9.98. The largest absolute Gasteiger partial charge is 0.344 e. The third-order valence-electron chi connectivity index (χ3n) is 3.33. The Bertz CT molecular complexity index is 433. The lowest BCUT2D eigenvalue weighted by Gasteiger charge is -2.24. The SMILES string of the molecule is CCCCC(CC)C(=O)NC1CCS(=O)(=O)NC1=O. The number of hydrogen-bond donors (Lipinski definition) is 2. The summed E-state index contributed by atoms with van der Waals surface area (Å²) in [7, 11) is -3.49. The second-order valence-corrected chi connectivity index (χ2v) is 6.72. The predicted octanol–water partition coefficient (Wildman–Crippen LogP) is 0.537. The summed E-state index contributed by atoms with van der Waals surface area (Å²) in [5.41, 5.74) is 0. The number of sulfonamides is 1. The fourth-order valence-corrected chi connectivity index (χ4v) is 3.17. The van der Waals surface area contributed by atoms with Gasteiger partial charge in [-0.15, -0.1) is 0 Å². The summed E-state index contributed by atoms with van der Waals surface area (Å²) in [6.45, 7) is 4.00. The van der Waals surface area contributed by atoms with Crippen molar-refractivity contribution in [2.24, 2.45) is 5.92 Å². The van der Waals surface area contributed by atoms with Gasteiger partial charge in [-0.2, -0.15) is 0 Å². The molecule has 1 saturated heterocycles. The van der Waals surface area contributed by atoms with Crippen LogP contribution < -0.4 is 10.0 Å². The number of carbonyl (C=O) groups is 2. The van der Waals surface area contributed by atoms with Crippen LogP contribution in [0.25, 0.3) is 0 Å². The van der Waals surface area contributed by atoms with Crippen molar-refractivity contribution in [2.75, 3.05) is 5.75 Å². The van der Waals surface area contributed by atoms with Gasteiger partial charge in [-0.1, -0.05) is 26.7 Å². The summed E-state index contributed by atoms with van der Waals surface area (Å²) in [5.74, 6) is -1.03. The fraction of sp³-hybridized carbons (Fsp3) is 0.833. The van der Waals surface area contributed by atoms with Crippen LogP contribution in [-0.2, 0) is 19.6 Å². The second-order valence-electron chi connectivity index (χ2n) is 4.88. The standard InChI is InChI=1S/C12H22N2O4S/c1-3-5-6-9(4-2)11(15)13-10-7-8-19(17,18)14-12(10)16/h9-10H,3-8H2,1-2H3,(H,13,15)(H,14,16). The number of amides is 2. The Balaban J connectivity index is 2.54. The van der Waals surface area contributed by atoms with Gasteiger partial charge in [0.05, 0.1) is 5.75 Å². The van der Waals surface area contributed by atoms with E-state index in [1.165, 1.54) is 0 Å². The van der Waals surface area contributed by atoms with Crippen molar-refractivity contribution >= 4 is 21.8 Å². The van der Waals surface area contributed by atoms with E-state index < -0.39 is 22.0 Å². The van der Waals surface area contributed by atoms with Crippen molar-refractivity contribution in [3.63, 3.8) is 0 Å². The third kappa shape index (κ3) is 4.81. The van der Waals surface area contributed by atoms with E-state index in [2.05, 4.69) is 12.2 Å². The smallest absolute Gasteiger partial charge is 0.256 e. The first-order chi connectivity index (χ1) is 8.89. The summed E-state index contributed by atoms with van der Waals surface area (Å²) in [5, 5.41) is 2.65. The Morgan fingerprint density at radius 2 is 2.16 bits per heavy atom. The molecule has 0 aromatic carbocycles. The van der Waals surface area contributed by atoms with Crippen molar-refractivity contribution in [1.82, 2.24) is 10.0 Å². The fourth-order valence-electron chi connectivity index (χ4n) is 2.08. The van der Waals surface area contributed by atoms with Crippen molar-refractivity contribution in [3.05, 3.63) is 0 Å². The quantitative estimate of drug-likeness (QED) is 0.746. The molecule has 2 N–H and O–H groups in total. The van der Waals surface area contributed by atoms with Crippen LogP contribution in [-0.4, -0.2) is 32.0 Å². The van der Waals surface area contributed by atoms with Gasteiger partial charge in [0.1, 0.15) is 6.04 Å². The van der Waals surface area contributed by atoms with Crippen molar-refractivity contribution in [1.29, 1.82) is 0 Å². The van der Waals surface area contributed by atoms with E-state index in [1.54, 1.807) is 0 Å². The van der Waals surface area contributed by atoms with Crippen LogP contribution in [0, 0.1) is 5.92 Å². The molecule has 7 heteroatoms. The Kier molecular flexibility index (Phi) is 5.78. The van der Waals surface area contributed by atoms with E-state index in [1.807, 2.05) is 11.6 Å². The molecule has 1 fully saturated rings. The van der Waals surface area contributed by atoms with Crippen molar-refractivity contribution in [2.45, 2.75) is 52.0 Å². The van der Waals surface area contributed by atoms with E-state index in [0.717, 1.165) is 25.7 Å². The Hall–Kier alpha value is -1.11. The van der Waals surface area contributed by atoms with Gasteiger partial charge in [-0.25, -0.2) is 8.42 Å². The van der Waals surface area contributed by atoms with Crippen LogP contribution in [0.5, 0.6) is 0 Å². The minimum atomic E-state index is -3.49. The Labute approximate surface area is 114 Å². The molecule has 6 nitrogen and oxygen atoms in total. The molecule has 19 heavy (non-hydrogen) atoms. The molecule has 2 amide bonds. The maximum Gasteiger partial charge on any atom is 0.256 e. The van der Waals surface area contributed by atoms with Gasteiger partial charge in [0.2, 0.25) is 15.9 Å². The summed E-state index contributed by atoms with van der Waals surface area (Å²) < 4.78 is 24.3. The van der Waals surface area contributed by atoms with E-state index in [4.69, 9.17) is 0 Å². The van der Waals surface area contributed by atoms with Gasteiger partial charge in [-0.05, 0) is 19.3 Å². The minimum absolute atomic E-state index is 0.105. The summed E-state index contributed by atoms with van der Waals surface area (Å²) in [4.78, 5) is 23.6. The zero-order valence-corrected chi connectivity index (χ0v) is 12.3. The summed E-state index contributed by atoms with van der Waals surface area (Å²) in [6, 6.07) is -0.730. The summed E-state index contributed by atoms with van der Waals surface area (Å²) >= 11 is 0. The van der Waals surface area contributed by atoms with Crippen molar-refractivity contribution in [3.8, 4) is 0 Å². The van der Waals surface area contributed by atoms with Gasteiger partial charge < -0.3 is 5.32 Å². The van der Waals surface area contributed by atoms with Crippen LogP contribution in [0.3, 0.4) is 0 Å².